The third-order valence-corrected chi connectivity index (χ3v) is 4.37. The summed E-state index contributed by atoms with van der Waals surface area (Å²) in [4.78, 5) is 37.1. The van der Waals surface area contributed by atoms with Crippen molar-refractivity contribution in [2.75, 3.05) is 18.4 Å². The van der Waals surface area contributed by atoms with Gasteiger partial charge in [0.15, 0.2) is 0 Å². The van der Waals surface area contributed by atoms with E-state index >= 15 is 0 Å². The number of nitrogens with one attached hydrogen (secondary N) is 1. The molecule has 2 aromatic rings. The highest BCUT2D eigenvalue weighted by molar-refractivity contribution is 5.96. The number of carboxylic acid groups (broad SMARTS) is 1. The topological polar surface area (TPSA) is 86.7 Å². The summed E-state index contributed by atoms with van der Waals surface area (Å²) in [6.45, 7) is 1.61. The van der Waals surface area contributed by atoms with Crippen LogP contribution in [-0.2, 0) is 11.2 Å². The first-order valence-electron chi connectivity index (χ1n) is 8.54. The monoisotopic (exact) mass is 352 g/mol. The zero-order valence-electron chi connectivity index (χ0n) is 14.3. The SMILES string of the molecule is O=C(Cc1ccc(C(=O)O)cc1)Nc1ccc(C(=O)N2CCCC2)cc1. The van der Waals surface area contributed by atoms with E-state index in [4.69, 9.17) is 5.11 Å². The number of amides is 2. The molecule has 0 unspecified atom stereocenters. The van der Waals surface area contributed by atoms with Gasteiger partial charge in [-0.15, -0.1) is 0 Å². The predicted octanol–water partition coefficient (Wildman–Crippen LogP) is 2.80. The lowest BCUT2D eigenvalue weighted by Crippen LogP contribution is -2.27. The fourth-order valence-corrected chi connectivity index (χ4v) is 2.95. The molecule has 0 aliphatic carbocycles. The van der Waals surface area contributed by atoms with Crippen LogP contribution in [0.1, 0.15) is 39.1 Å². The zero-order chi connectivity index (χ0) is 18.5. The Morgan fingerprint density at radius 2 is 1.46 bits per heavy atom. The number of carbonyl (C=O) groups excluding carboxylic acids is 2. The van der Waals surface area contributed by atoms with Crippen molar-refractivity contribution in [1.82, 2.24) is 4.90 Å². The van der Waals surface area contributed by atoms with Crippen LogP contribution < -0.4 is 5.32 Å². The quantitative estimate of drug-likeness (QED) is 0.866. The minimum atomic E-state index is -0.996. The van der Waals surface area contributed by atoms with E-state index in [0.29, 0.717) is 11.3 Å². The van der Waals surface area contributed by atoms with E-state index in [-0.39, 0.29) is 23.8 Å². The second kappa shape index (κ2) is 7.82. The Labute approximate surface area is 151 Å². The summed E-state index contributed by atoms with van der Waals surface area (Å²) in [5.74, 6) is -1.17. The van der Waals surface area contributed by atoms with Crippen LogP contribution >= 0.6 is 0 Å². The lowest BCUT2D eigenvalue weighted by atomic mass is 10.1. The Bertz CT molecular complexity index is 807. The normalized spacial score (nSPS) is 13.5. The van der Waals surface area contributed by atoms with Crippen LogP contribution in [-0.4, -0.2) is 40.9 Å². The maximum atomic E-state index is 12.3. The second-order valence-corrected chi connectivity index (χ2v) is 6.30. The van der Waals surface area contributed by atoms with Crippen LogP contribution in [0, 0.1) is 0 Å². The summed E-state index contributed by atoms with van der Waals surface area (Å²) in [5.41, 5.74) is 2.16. The highest BCUT2D eigenvalue weighted by Crippen LogP contribution is 2.16. The van der Waals surface area contributed by atoms with Gasteiger partial charge in [0.1, 0.15) is 0 Å². The molecule has 1 saturated heterocycles. The maximum absolute atomic E-state index is 12.3. The van der Waals surface area contributed by atoms with Gasteiger partial charge in [-0.1, -0.05) is 12.1 Å². The third kappa shape index (κ3) is 4.27. The van der Waals surface area contributed by atoms with E-state index < -0.39 is 5.97 Å². The van der Waals surface area contributed by atoms with Crippen molar-refractivity contribution in [2.24, 2.45) is 0 Å². The first kappa shape index (κ1) is 17.7. The van der Waals surface area contributed by atoms with Crippen LogP contribution in [0.25, 0.3) is 0 Å². The number of hydrogen-bond donors (Lipinski definition) is 2. The van der Waals surface area contributed by atoms with E-state index in [9.17, 15) is 14.4 Å². The minimum Gasteiger partial charge on any atom is -0.478 e. The molecule has 3 rings (SSSR count). The van der Waals surface area contributed by atoms with E-state index in [1.54, 1.807) is 36.4 Å². The third-order valence-electron chi connectivity index (χ3n) is 4.37. The zero-order valence-corrected chi connectivity index (χ0v) is 14.3. The number of benzene rings is 2. The molecule has 1 aliphatic heterocycles. The summed E-state index contributed by atoms with van der Waals surface area (Å²) in [6.07, 6.45) is 2.25. The van der Waals surface area contributed by atoms with Crippen molar-refractivity contribution in [1.29, 1.82) is 0 Å². The molecule has 0 atom stereocenters. The van der Waals surface area contributed by atoms with Crippen molar-refractivity contribution >= 4 is 23.5 Å². The molecule has 1 fully saturated rings. The van der Waals surface area contributed by atoms with Crippen molar-refractivity contribution in [2.45, 2.75) is 19.3 Å². The van der Waals surface area contributed by atoms with E-state index in [2.05, 4.69) is 5.32 Å². The molecule has 0 bridgehead atoms. The van der Waals surface area contributed by atoms with Crippen LogP contribution in [0.3, 0.4) is 0 Å². The molecule has 0 aromatic heterocycles. The van der Waals surface area contributed by atoms with Gasteiger partial charge in [-0.2, -0.15) is 0 Å². The van der Waals surface area contributed by atoms with Crippen molar-refractivity contribution in [3.63, 3.8) is 0 Å². The molecular weight excluding hydrogens is 332 g/mol. The number of hydrogen-bond acceptors (Lipinski definition) is 3. The Kier molecular flexibility index (Phi) is 5.31. The smallest absolute Gasteiger partial charge is 0.335 e. The van der Waals surface area contributed by atoms with E-state index in [0.717, 1.165) is 31.5 Å². The Morgan fingerprint density at radius 3 is 2.04 bits per heavy atom. The number of carbonyl (C=O) groups is 3. The summed E-state index contributed by atoms with van der Waals surface area (Å²) in [6, 6.07) is 13.1. The van der Waals surface area contributed by atoms with Gasteiger partial charge in [0.05, 0.1) is 12.0 Å². The number of aromatic carboxylic acids is 1. The molecule has 6 heteroatoms. The molecule has 1 heterocycles. The number of rotatable bonds is 5. The Balaban J connectivity index is 1.57. The lowest BCUT2D eigenvalue weighted by molar-refractivity contribution is -0.115. The van der Waals surface area contributed by atoms with Crippen LogP contribution in [0.4, 0.5) is 5.69 Å². The number of nitrogens with zero attached hydrogens (tertiary/aromatic N) is 1. The molecule has 2 amide bonds. The average molecular weight is 352 g/mol. The Hall–Kier alpha value is -3.15. The van der Waals surface area contributed by atoms with Gasteiger partial charge in [0.2, 0.25) is 5.91 Å². The molecule has 0 saturated carbocycles. The minimum absolute atomic E-state index is 0.0268. The van der Waals surface area contributed by atoms with Crippen molar-refractivity contribution in [3.05, 3.63) is 65.2 Å². The molecule has 6 nitrogen and oxygen atoms in total. The van der Waals surface area contributed by atoms with Crippen LogP contribution in [0.15, 0.2) is 48.5 Å². The van der Waals surface area contributed by atoms with Gasteiger partial charge in [0.25, 0.3) is 5.91 Å². The van der Waals surface area contributed by atoms with Gasteiger partial charge in [-0.3, -0.25) is 9.59 Å². The van der Waals surface area contributed by atoms with Crippen LogP contribution in [0.2, 0.25) is 0 Å². The fourth-order valence-electron chi connectivity index (χ4n) is 2.95. The van der Waals surface area contributed by atoms with E-state index in [1.807, 2.05) is 4.90 Å². The summed E-state index contributed by atoms with van der Waals surface area (Å²) in [7, 11) is 0. The maximum Gasteiger partial charge on any atom is 0.335 e. The van der Waals surface area contributed by atoms with Crippen molar-refractivity contribution in [3.8, 4) is 0 Å². The van der Waals surface area contributed by atoms with Gasteiger partial charge >= 0.3 is 5.97 Å². The van der Waals surface area contributed by atoms with Gasteiger partial charge in [0, 0.05) is 24.3 Å². The number of carboxylic acids is 1. The first-order chi connectivity index (χ1) is 12.5. The fraction of sp³-hybridized carbons (Fsp3) is 0.250. The summed E-state index contributed by atoms with van der Waals surface area (Å²) >= 11 is 0. The molecular formula is C20H20N2O4. The van der Waals surface area contributed by atoms with Gasteiger partial charge in [-0.25, -0.2) is 4.79 Å². The largest absolute Gasteiger partial charge is 0.478 e. The molecule has 2 aromatic carbocycles. The van der Waals surface area contributed by atoms with Crippen molar-refractivity contribution < 1.29 is 19.5 Å². The van der Waals surface area contributed by atoms with Gasteiger partial charge < -0.3 is 15.3 Å². The molecule has 1 aliphatic rings. The van der Waals surface area contributed by atoms with Gasteiger partial charge in [-0.05, 0) is 54.8 Å². The number of likely N-dealkylation sites (tertiary alicyclic amines) is 1. The van der Waals surface area contributed by atoms with E-state index in [1.165, 1.54) is 12.1 Å². The molecule has 26 heavy (non-hydrogen) atoms. The molecule has 134 valence electrons. The lowest BCUT2D eigenvalue weighted by Gasteiger charge is -2.15. The highest BCUT2D eigenvalue weighted by atomic mass is 16.4. The highest BCUT2D eigenvalue weighted by Gasteiger charge is 2.19. The molecule has 2 N–H and O–H groups in total. The first-order valence-corrected chi connectivity index (χ1v) is 8.54. The van der Waals surface area contributed by atoms with Crippen LogP contribution in [0.5, 0.6) is 0 Å². The molecule has 0 radical (unpaired) electrons. The average Bonchev–Trinajstić information content (AvgIpc) is 3.17. The summed E-state index contributed by atoms with van der Waals surface area (Å²) in [5, 5.41) is 11.7. The second-order valence-electron chi connectivity index (χ2n) is 6.30. The number of anilines is 1. The standard InChI is InChI=1S/C20H20N2O4/c23-18(13-14-3-5-16(6-4-14)20(25)26)21-17-9-7-15(8-10-17)19(24)22-11-1-2-12-22/h3-10H,1-2,11-13H2,(H,21,23)(H,25,26). The predicted molar refractivity (Wildman–Crippen MR) is 97.3 cm³/mol. The molecule has 0 spiro atoms. The summed E-state index contributed by atoms with van der Waals surface area (Å²) < 4.78 is 0. The Morgan fingerprint density at radius 1 is 0.885 bits per heavy atom.